The van der Waals surface area contributed by atoms with Gasteiger partial charge in [-0.3, -0.25) is 4.79 Å². The zero-order valence-corrected chi connectivity index (χ0v) is 14.2. The van der Waals surface area contributed by atoms with E-state index < -0.39 is 0 Å². The van der Waals surface area contributed by atoms with Gasteiger partial charge in [0, 0.05) is 19.0 Å². The summed E-state index contributed by atoms with van der Waals surface area (Å²) >= 11 is 0. The van der Waals surface area contributed by atoms with Gasteiger partial charge in [0.05, 0.1) is 26.7 Å². The maximum absolute atomic E-state index is 12.2. The molecule has 1 aliphatic rings. The normalized spacial score (nSPS) is 17.3. The Labute approximate surface area is 138 Å². The minimum absolute atomic E-state index is 0.0608. The molecule has 6 nitrogen and oxygen atoms in total. The third-order valence-corrected chi connectivity index (χ3v) is 4.68. The number of nitrogens with one attached hydrogen (secondary N) is 1. The Morgan fingerprint density at radius 2 is 2.13 bits per heavy atom. The highest BCUT2D eigenvalue weighted by molar-refractivity contribution is 5.93. The largest absolute Gasteiger partial charge is 0.411 e. The van der Waals surface area contributed by atoms with Gasteiger partial charge in [-0.15, -0.1) is 0 Å². The Kier molecular flexibility index (Phi) is 6.10. The molecule has 1 fully saturated rings. The van der Waals surface area contributed by atoms with E-state index in [1.165, 1.54) is 38.6 Å². The lowest BCUT2D eigenvalue weighted by Crippen LogP contribution is -2.49. The second kappa shape index (κ2) is 8.06. The summed E-state index contributed by atoms with van der Waals surface area (Å²) in [6.07, 6.45) is 8.09. The summed E-state index contributed by atoms with van der Waals surface area (Å²) < 4.78 is 2.90. The number of amides is 1. The second-order valence-electron chi connectivity index (χ2n) is 6.66. The number of likely N-dealkylation sites (tertiary alicyclic amines) is 1. The first kappa shape index (κ1) is 17.4. The van der Waals surface area contributed by atoms with Crippen LogP contribution in [0.25, 0.3) is 0 Å². The van der Waals surface area contributed by atoms with Crippen molar-refractivity contribution >= 4 is 12.1 Å². The number of aryl methyl sites for hydroxylation is 1. The van der Waals surface area contributed by atoms with Crippen molar-refractivity contribution in [3.8, 4) is 0 Å². The van der Waals surface area contributed by atoms with Crippen molar-refractivity contribution in [2.75, 3.05) is 33.2 Å². The molecule has 0 unspecified atom stereocenters. The number of rotatable bonds is 6. The average molecular weight is 320 g/mol. The summed E-state index contributed by atoms with van der Waals surface area (Å²) in [5, 5.41) is 14.6. The van der Waals surface area contributed by atoms with Crippen LogP contribution in [0.15, 0.2) is 23.5 Å². The van der Waals surface area contributed by atoms with E-state index in [0.717, 1.165) is 23.1 Å². The Bertz CT molecular complexity index is 566. The van der Waals surface area contributed by atoms with Crippen LogP contribution in [0.1, 0.15) is 41.7 Å². The van der Waals surface area contributed by atoms with Crippen molar-refractivity contribution in [2.24, 2.45) is 12.2 Å². The maximum atomic E-state index is 12.2. The number of carbonyl (C=O) groups is 1. The highest BCUT2D eigenvalue weighted by Gasteiger charge is 2.23. The van der Waals surface area contributed by atoms with Crippen LogP contribution in [0, 0.1) is 0 Å². The standard InChI is InChI=1S/C17H26N4O2/c1-20-14-15(7-8-16(20)13-19-23)17(22)18-9-6-12-21(2)10-4-3-5-11-21/h7-8,13-14H,3-6,9-12H2,1-2H3/p+2. The molecule has 1 saturated heterocycles. The maximum Gasteiger partial charge on any atom is 0.257 e. The molecule has 0 radical (unpaired) electrons. The molecule has 2 heterocycles. The molecule has 126 valence electrons. The van der Waals surface area contributed by atoms with Crippen LogP contribution >= 0.6 is 0 Å². The van der Waals surface area contributed by atoms with Gasteiger partial charge in [-0.25, -0.2) is 0 Å². The SMILES string of the molecule is C[n+]1cc(C(=O)NCCC[N+]2(C)CCCCC2)ccc1C=NO. The molecule has 0 saturated carbocycles. The number of quaternary nitrogens is 1. The molecular weight excluding hydrogens is 292 g/mol. The summed E-state index contributed by atoms with van der Waals surface area (Å²) in [6, 6.07) is 3.50. The Hall–Kier alpha value is -1.95. The van der Waals surface area contributed by atoms with E-state index in [0.29, 0.717) is 12.1 Å². The Morgan fingerprint density at radius 3 is 2.78 bits per heavy atom. The zero-order chi connectivity index (χ0) is 16.7. The van der Waals surface area contributed by atoms with Crippen molar-refractivity contribution < 1.29 is 19.1 Å². The minimum Gasteiger partial charge on any atom is -0.411 e. The molecule has 1 aromatic heterocycles. The van der Waals surface area contributed by atoms with Crippen LogP contribution < -0.4 is 9.88 Å². The number of pyridine rings is 1. The summed E-state index contributed by atoms with van der Waals surface area (Å²) in [5.41, 5.74) is 1.34. The van der Waals surface area contributed by atoms with E-state index in [2.05, 4.69) is 17.5 Å². The van der Waals surface area contributed by atoms with Gasteiger partial charge in [0.2, 0.25) is 5.69 Å². The number of nitrogens with zero attached hydrogens (tertiary/aromatic N) is 3. The lowest BCUT2D eigenvalue weighted by molar-refractivity contribution is -0.914. The van der Waals surface area contributed by atoms with Crippen molar-refractivity contribution in [1.29, 1.82) is 0 Å². The lowest BCUT2D eigenvalue weighted by Gasteiger charge is -2.37. The number of carbonyl (C=O) groups excluding carboxylic acids is 1. The fourth-order valence-corrected chi connectivity index (χ4v) is 3.21. The minimum atomic E-state index is -0.0608. The summed E-state index contributed by atoms with van der Waals surface area (Å²) in [6.45, 7) is 4.35. The number of aromatic nitrogens is 1. The van der Waals surface area contributed by atoms with Gasteiger partial charge in [-0.1, -0.05) is 5.16 Å². The molecule has 0 spiro atoms. The van der Waals surface area contributed by atoms with Crippen molar-refractivity contribution in [3.05, 3.63) is 29.6 Å². The molecule has 1 aromatic rings. The van der Waals surface area contributed by atoms with Gasteiger partial charge < -0.3 is 15.0 Å². The Balaban J connectivity index is 1.79. The smallest absolute Gasteiger partial charge is 0.257 e. The average Bonchev–Trinajstić information content (AvgIpc) is 2.54. The molecule has 0 bridgehead atoms. The third kappa shape index (κ3) is 5.03. The van der Waals surface area contributed by atoms with Gasteiger partial charge in [0.15, 0.2) is 6.20 Å². The van der Waals surface area contributed by atoms with E-state index >= 15 is 0 Å². The van der Waals surface area contributed by atoms with Crippen molar-refractivity contribution in [1.82, 2.24) is 5.32 Å². The van der Waals surface area contributed by atoms with Crippen LogP contribution in [0.5, 0.6) is 0 Å². The Morgan fingerprint density at radius 1 is 1.39 bits per heavy atom. The number of piperidine rings is 1. The molecule has 1 aliphatic heterocycles. The molecule has 0 atom stereocenters. The van der Waals surface area contributed by atoms with Gasteiger partial charge in [-0.05, 0) is 25.3 Å². The third-order valence-electron chi connectivity index (χ3n) is 4.68. The molecule has 2 rings (SSSR count). The predicted molar refractivity (Wildman–Crippen MR) is 88.6 cm³/mol. The summed E-state index contributed by atoms with van der Waals surface area (Å²) in [7, 11) is 4.14. The second-order valence-corrected chi connectivity index (χ2v) is 6.66. The van der Waals surface area contributed by atoms with Crippen LogP contribution in [0.4, 0.5) is 0 Å². The molecular formula is C17H28N4O2+2. The fourth-order valence-electron chi connectivity index (χ4n) is 3.21. The number of hydrogen-bond donors (Lipinski definition) is 2. The van der Waals surface area contributed by atoms with E-state index in [9.17, 15) is 4.79 Å². The van der Waals surface area contributed by atoms with E-state index in [1.807, 2.05) is 7.05 Å². The molecule has 2 N–H and O–H groups in total. The van der Waals surface area contributed by atoms with E-state index in [4.69, 9.17) is 5.21 Å². The van der Waals surface area contributed by atoms with Crippen molar-refractivity contribution in [3.63, 3.8) is 0 Å². The quantitative estimate of drug-likeness (QED) is 0.206. The first-order valence-corrected chi connectivity index (χ1v) is 8.33. The predicted octanol–water partition coefficient (Wildman–Crippen LogP) is 1.07. The lowest BCUT2D eigenvalue weighted by atomic mass is 10.1. The first-order valence-electron chi connectivity index (χ1n) is 8.33. The molecule has 0 aromatic carbocycles. The van der Waals surface area contributed by atoms with Gasteiger partial charge in [0.1, 0.15) is 18.8 Å². The van der Waals surface area contributed by atoms with E-state index in [1.54, 1.807) is 22.9 Å². The summed E-state index contributed by atoms with van der Waals surface area (Å²) in [5.74, 6) is -0.0608. The number of oxime groups is 1. The van der Waals surface area contributed by atoms with Crippen molar-refractivity contribution in [2.45, 2.75) is 25.7 Å². The molecule has 23 heavy (non-hydrogen) atoms. The highest BCUT2D eigenvalue weighted by atomic mass is 16.4. The van der Waals surface area contributed by atoms with Crippen LogP contribution in [-0.2, 0) is 7.05 Å². The van der Waals surface area contributed by atoms with Gasteiger partial charge >= 0.3 is 0 Å². The highest BCUT2D eigenvalue weighted by Crippen LogP contribution is 2.16. The van der Waals surface area contributed by atoms with Crippen LogP contribution in [-0.4, -0.2) is 55.0 Å². The van der Waals surface area contributed by atoms with Gasteiger partial charge in [-0.2, -0.15) is 4.57 Å². The monoisotopic (exact) mass is 320 g/mol. The van der Waals surface area contributed by atoms with Gasteiger partial charge in [0.25, 0.3) is 5.91 Å². The van der Waals surface area contributed by atoms with E-state index in [-0.39, 0.29) is 5.91 Å². The summed E-state index contributed by atoms with van der Waals surface area (Å²) in [4.78, 5) is 12.2. The topological polar surface area (TPSA) is 65.6 Å². The van der Waals surface area contributed by atoms with Crippen LogP contribution in [0.3, 0.4) is 0 Å². The molecule has 0 aliphatic carbocycles. The van der Waals surface area contributed by atoms with Crippen LogP contribution in [0.2, 0.25) is 0 Å². The first-order chi connectivity index (χ1) is 11.0. The zero-order valence-electron chi connectivity index (χ0n) is 14.2. The number of hydrogen-bond acceptors (Lipinski definition) is 3. The molecule has 1 amide bonds. The molecule has 6 heteroatoms. The fraction of sp³-hybridized carbons (Fsp3) is 0.588.